The van der Waals surface area contributed by atoms with Gasteiger partial charge in [0, 0.05) is 23.1 Å². The van der Waals surface area contributed by atoms with Crippen LogP contribution < -0.4 is 5.32 Å². The first-order chi connectivity index (χ1) is 15.5. The van der Waals surface area contributed by atoms with Crippen LogP contribution in [0, 0.1) is 5.92 Å². The normalized spacial score (nSPS) is 10.9. The monoisotopic (exact) mass is 449 g/mol. The van der Waals surface area contributed by atoms with Crippen LogP contribution >= 0.6 is 11.3 Å². The number of thiazole rings is 1. The van der Waals surface area contributed by atoms with E-state index in [1.54, 1.807) is 4.90 Å². The van der Waals surface area contributed by atoms with Crippen molar-refractivity contribution in [2.45, 2.75) is 40.0 Å². The molecule has 0 unspecified atom stereocenters. The summed E-state index contributed by atoms with van der Waals surface area (Å²) in [6.07, 6.45) is 3.29. The molecule has 0 saturated carbocycles. The van der Waals surface area contributed by atoms with Gasteiger partial charge in [0.2, 0.25) is 5.91 Å². The Labute approximate surface area is 194 Å². The Kier molecular flexibility index (Phi) is 8.56. The SMILES string of the molecule is CCCCc1ccc(C(=O)N(CC(=O)Nc2nc(-c3ccccc3)cs2)CC(C)C)cc1. The third-order valence-corrected chi connectivity index (χ3v) is 5.80. The van der Waals surface area contributed by atoms with Gasteiger partial charge in [0.05, 0.1) is 5.69 Å². The van der Waals surface area contributed by atoms with Crippen molar-refractivity contribution in [1.29, 1.82) is 0 Å². The topological polar surface area (TPSA) is 62.3 Å². The van der Waals surface area contributed by atoms with Crippen LogP contribution in [0.3, 0.4) is 0 Å². The van der Waals surface area contributed by atoms with Crippen molar-refractivity contribution in [3.8, 4) is 11.3 Å². The largest absolute Gasteiger partial charge is 0.329 e. The molecule has 2 amide bonds. The zero-order valence-corrected chi connectivity index (χ0v) is 19.8. The van der Waals surface area contributed by atoms with Crippen molar-refractivity contribution in [3.05, 3.63) is 71.1 Å². The van der Waals surface area contributed by atoms with Gasteiger partial charge >= 0.3 is 0 Å². The molecule has 2 aromatic carbocycles. The lowest BCUT2D eigenvalue weighted by atomic mass is 10.1. The first-order valence-corrected chi connectivity index (χ1v) is 12.0. The summed E-state index contributed by atoms with van der Waals surface area (Å²) < 4.78 is 0. The Bertz CT molecular complexity index is 1010. The number of hydrogen-bond donors (Lipinski definition) is 1. The van der Waals surface area contributed by atoms with E-state index in [1.807, 2.05) is 73.8 Å². The molecule has 0 aliphatic heterocycles. The number of amides is 2. The smallest absolute Gasteiger partial charge is 0.254 e. The summed E-state index contributed by atoms with van der Waals surface area (Å²) in [7, 11) is 0. The number of nitrogens with one attached hydrogen (secondary N) is 1. The number of nitrogens with zero attached hydrogens (tertiary/aromatic N) is 2. The molecule has 0 saturated heterocycles. The lowest BCUT2D eigenvalue weighted by Crippen LogP contribution is -2.40. The first kappa shape index (κ1) is 23.7. The minimum Gasteiger partial charge on any atom is -0.329 e. The van der Waals surface area contributed by atoms with Crippen molar-refractivity contribution in [2.24, 2.45) is 5.92 Å². The highest BCUT2D eigenvalue weighted by Crippen LogP contribution is 2.24. The fraction of sp³-hybridized carbons (Fsp3) is 0.346. The summed E-state index contributed by atoms with van der Waals surface area (Å²) in [6, 6.07) is 17.6. The number of hydrogen-bond acceptors (Lipinski definition) is 4. The lowest BCUT2D eigenvalue weighted by molar-refractivity contribution is -0.117. The average Bonchev–Trinajstić information content (AvgIpc) is 3.25. The molecule has 6 heteroatoms. The minimum atomic E-state index is -0.243. The number of aromatic nitrogens is 1. The molecule has 3 rings (SSSR count). The van der Waals surface area contributed by atoms with Gasteiger partial charge in [0.25, 0.3) is 5.91 Å². The van der Waals surface area contributed by atoms with E-state index < -0.39 is 0 Å². The molecule has 0 aliphatic rings. The Balaban J connectivity index is 1.65. The van der Waals surface area contributed by atoms with E-state index in [2.05, 4.69) is 17.2 Å². The molecular weight excluding hydrogens is 418 g/mol. The number of carbonyl (C=O) groups is 2. The zero-order chi connectivity index (χ0) is 22.9. The summed E-state index contributed by atoms with van der Waals surface area (Å²) in [4.78, 5) is 32.0. The molecule has 1 heterocycles. The maximum atomic E-state index is 13.1. The van der Waals surface area contributed by atoms with Crippen molar-refractivity contribution < 1.29 is 9.59 Å². The fourth-order valence-corrected chi connectivity index (χ4v) is 4.18. The predicted octanol–water partition coefficient (Wildman–Crippen LogP) is 5.89. The van der Waals surface area contributed by atoms with Crippen molar-refractivity contribution in [1.82, 2.24) is 9.88 Å². The van der Waals surface area contributed by atoms with Crippen molar-refractivity contribution >= 4 is 28.3 Å². The molecule has 3 aromatic rings. The van der Waals surface area contributed by atoms with Gasteiger partial charge in [-0.05, 0) is 36.5 Å². The highest BCUT2D eigenvalue weighted by Gasteiger charge is 2.20. The maximum Gasteiger partial charge on any atom is 0.254 e. The van der Waals surface area contributed by atoms with E-state index in [9.17, 15) is 9.59 Å². The van der Waals surface area contributed by atoms with Crippen molar-refractivity contribution in [2.75, 3.05) is 18.4 Å². The second-order valence-electron chi connectivity index (χ2n) is 8.33. The average molecular weight is 450 g/mol. The first-order valence-electron chi connectivity index (χ1n) is 11.1. The Hall–Kier alpha value is -2.99. The molecule has 1 N–H and O–H groups in total. The summed E-state index contributed by atoms with van der Waals surface area (Å²) in [5.74, 6) is -0.118. The summed E-state index contributed by atoms with van der Waals surface area (Å²) in [5.41, 5.74) is 3.67. The van der Waals surface area contributed by atoms with Crippen LogP contribution in [0.4, 0.5) is 5.13 Å². The van der Waals surface area contributed by atoms with Gasteiger partial charge in [0.1, 0.15) is 6.54 Å². The second kappa shape index (κ2) is 11.6. The number of benzene rings is 2. The summed E-state index contributed by atoms with van der Waals surface area (Å²) >= 11 is 1.38. The predicted molar refractivity (Wildman–Crippen MR) is 132 cm³/mol. The van der Waals surface area contributed by atoms with Gasteiger partial charge in [-0.15, -0.1) is 11.3 Å². The summed E-state index contributed by atoms with van der Waals surface area (Å²) in [6.45, 7) is 6.75. The lowest BCUT2D eigenvalue weighted by Gasteiger charge is -2.24. The second-order valence-corrected chi connectivity index (χ2v) is 9.19. The highest BCUT2D eigenvalue weighted by molar-refractivity contribution is 7.14. The van der Waals surface area contributed by atoms with Crippen LogP contribution in [0.5, 0.6) is 0 Å². The highest BCUT2D eigenvalue weighted by atomic mass is 32.1. The number of carbonyl (C=O) groups excluding carboxylic acids is 2. The van der Waals surface area contributed by atoms with Crippen LogP contribution in [0.15, 0.2) is 60.0 Å². The molecule has 5 nitrogen and oxygen atoms in total. The van der Waals surface area contributed by atoms with Crippen LogP contribution in [0.25, 0.3) is 11.3 Å². The van der Waals surface area contributed by atoms with Crippen LogP contribution in [0.2, 0.25) is 0 Å². The van der Waals surface area contributed by atoms with E-state index in [4.69, 9.17) is 0 Å². The molecule has 168 valence electrons. The molecule has 0 radical (unpaired) electrons. The molecule has 32 heavy (non-hydrogen) atoms. The van der Waals surface area contributed by atoms with Gasteiger partial charge in [-0.1, -0.05) is 69.7 Å². The number of anilines is 1. The van der Waals surface area contributed by atoms with Gasteiger partial charge in [-0.3, -0.25) is 9.59 Å². The van der Waals surface area contributed by atoms with Gasteiger partial charge in [0.15, 0.2) is 5.13 Å². The van der Waals surface area contributed by atoms with E-state index in [0.29, 0.717) is 17.2 Å². The standard InChI is InChI=1S/C26H31N3O2S/c1-4-5-9-20-12-14-22(15-13-20)25(31)29(16-19(2)3)17-24(30)28-26-27-23(18-32-26)21-10-7-6-8-11-21/h6-8,10-15,18-19H,4-5,9,16-17H2,1-3H3,(H,27,28,30). The minimum absolute atomic E-state index is 0.00511. The number of unbranched alkanes of at least 4 members (excludes halogenated alkanes) is 1. The van der Waals surface area contributed by atoms with Gasteiger partial charge in [-0.25, -0.2) is 4.98 Å². The fourth-order valence-electron chi connectivity index (χ4n) is 3.44. The van der Waals surface area contributed by atoms with Gasteiger partial charge < -0.3 is 10.2 Å². The zero-order valence-electron chi connectivity index (χ0n) is 19.0. The molecule has 0 aliphatic carbocycles. The van der Waals surface area contributed by atoms with Crippen LogP contribution in [0.1, 0.15) is 49.5 Å². The quantitative estimate of drug-likeness (QED) is 0.420. The molecule has 0 fully saturated rings. The summed E-state index contributed by atoms with van der Waals surface area (Å²) in [5, 5.41) is 5.30. The molecule has 0 spiro atoms. The number of rotatable bonds is 10. The third-order valence-electron chi connectivity index (χ3n) is 5.05. The maximum absolute atomic E-state index is 13.1. The van der Waals surface area contributed by atoms with Crippen LogP contribution in [-0.4, -0.2) is 34.8 Å². The molecule has 1 aromatic heterocycles. The Morgan fingerprint density at radius 3 is 2.44 bits per heavy atom. The van der Waals surface area contributed by atoms with E-state index >= 15 is 0 Å². The third kappa shape index (κ3) is 6.76. The Morgan fingerprint density at radius 2 is 1.78 bits per heavy atom. The molecule has 0 atom stereocenters. The van der Waals surface area contributed by atoms with E-state index in [1.165, 1.54) is 16.9 Å². The van der Waals surface area contributed by atoms with Gasteiger partial charge in [-0.2, -0.15) is 0 Å². The van der Waals surface area contributed by atoms with Crippen LogP contribution in [-0.2, 0) is 11.2 Å². The number of aryl methyl sites for hydroxylation is 1. The van der Waals surface area contributed by atoms with E-state index in [0.717, 1.165) is 30.5 Å². The van der Waals surface area contributed by atoms with Crippen molar-refractivity contribution in [3.63, 3.8) is 0 Å². The van der Waals surface area contributed by atoms with E-state index in [-0.39, 0.29) is 24.3 Å². The molecular formula is C26H31N3O2S. The molecule has 0 bridgehead atoms. The Morgan fingerprint density at radius 1 is 1.06 bits per heavy atom.